The smallest absolute Gasteiger partial charge is 0.196 e. The van der Waals surface area contributed by atoms with Crippen molar-refractivity contribution in [3.05, 3.63) is 17.9 Å². The third kappa shape index (κ3) is 2.90. The number of anilines is 1. The van der Waals surface area contributed by atoms with Gasteiger partial charge in [-0.1, -0.05) is 13.8 Å². The van der Waals surface area contributed by atoms with Gasteiger partial charge in [0.05, 0.1) is 0 Å². The van der Waals surface area contributed by atoms with Crippen molar-refractivity contribution in [1.82, 2.24) is 0 Å². The van der Waals surface area contributed by atoms with Gasteiger partial charge in [-0.25, -0.2) is 0 Å². The summed E-state index contributed by atoms with van der Waals surface area (Å²) in [5.41, 5.74) is 0.421. The second-order valence-corrected chi connectivity index (χ2v) is 5.70. The van der Waals surface area contributed by atoms with Gasteiger partial charge in [0.25, 0.3) is 0 Å². The lowest BCUT2D eigenvalue weighted by atomic mass is 9.85. The van der Waals surface area contributed by atoms with Gasteiger partial charge in [-0.3, -0.25) is 4.79 Å². The fourth-order valence-electron chi connectivity index (χ4n) is 2.33. The zero-order chi connectivity index (χ0) is 12.5. The maximum Gasteiger partial charge on any atom is 0.196 e. The molecule has 0 N–H and O–H groups in total. The minimum atomic E-state index is -0.00796. The highest BCUT2D eigenvalue weighted by molar-refractivity contribution is 5.91. The maximum absolute atomic E-state index is 11.2. The Morgan fingerprint density at radius 3 is 2.71 bits per heavy atom. The van der Waals surface area contributed by atoms with E-state index in [0.29, 0.717) is 11.2 Å². The molecule has 1 aliphatic rings. The topological polar surface area (TPSA) is 33.5 Å². The summed E-state index contributed by atoms with van der Waals surface area (Å²) in [6.45, 7) is 8.21. The molecule has 1 saturated heterocycles. The third-order valence-corrected chi connectivity index (χ3v) is 3.59. The molecule has 2 heterocycles. The molecule has 94 valence electrons. The summed E-state index contributed by atoms with van der Waals surface area (Å²) >= 11 is 0. The van der Waals surface area contributed by atoms with Gasteiger partial charge >= 0.3 is 0 Å². The van der Waals surface area contributed by atoms with Gasteiger partial charge in [0.2, 0.25) is 0 Å². The molecule has 0 saturated carbocycles. The molecule has 1 aliphatic heterocycles. The summed E-state index contributed by atoms with van der Waals surface area (Å²) < 4.78 is 5.58. The summed E-state index contributed by atoms with van der Waals surface area (Å²) in [5.74, 6) is 1.29. The summed E-state index contributed by atoms with van der Waals surface area (Å²) in [4.78, 5) is 13.5. The van der Waals surface area contributed by atoms with Crippen LogP contribution in [0.3, 0.4) is 0 Å². The molecule has 2 rings (SSSR count). The summed E-state index contributed by atoms with van der Waals surface area (Å²) in [6.07, 6.45) is 3.61. The minimum absolute atomic E-state index is 0.00796. The van der Waals surface area contributed by atoms with Gasteiger partial charge in [-0.2, -0.15) is 0 Å². The van der Waals surface area contributed by atoms with Gasteiger partial charge in [0.1, 0.15) is 0 Å². The van der Waals surface area contributed by atoms with Crippen molar-refractivity contribution in [1.29, 1.82) is 0 Å². The maximum atomic E-state index is 11.2. The van der Waals surface area contributed by atoms with Gasteiger partial charge in [-0.05, 0) is 30.7 Å². The summed E-state index contributed by atoms with van der Waals surface area (Å²) in [7, 11) is 0. The lowest BCUT2D eigenvalue weighted by Gasteiger charge is -2.22. The average Bonchev–Trinajstić information content (AvgIpc) is 2.65. The quantitative estimate of drug-likeness (QED) is 0.736. The van der Waals surface area contributed by atoms with E-state index < -0.39 is 0 Å². The predicted molar refractivity (Wildman–Crippen MR) is 68.6 cm³/mol. The number of Topliss-reactive ketones (excluding diaryl/α,β-unsaturated/α-hetero) is 1. The monoisotopic (exact) mass is 235 g/mol. The number of rotatable bonds is 2. The van der Waals surface area contributed by atoms with E-state index in [2.05, 4.69) is 18.7 Å². The van der Waals surface area contributed by atoms with Crippen LogP contribution in [0.5, 0.6) is 0 Å². The number of ketones is 1. The van der Waals surface area contributed by atoms with Crippen LogP contribution in [0.1, 0.15) is 50.6 Å². The fourth-order valence-corrected chi connectivity index (χ4v) is 2.33. The van der Waals surface area contributed by atoms with E-state index in [4.69, 9.17) is 4.42 Å². The van der Waals surface area contributed by atoms with Crippen molar-refractivity contribution in [2.24, 2.45) is 5.41 Å². The van der Waals surface area contributed by atoms with Crippen LogP contribution in [0.4, 0.5) is 5.88 Å². The number of hydrogen-bond donors (Lipinski definition) is 0. The lowest BCUT2D eigenvalue weighted by molar-refractivity contribution is 0.0987. The van der Waals surface area contributed by atoms with E-state index in [1.54, 1.807) is 6.07 Å². The Labute approximate surface area is 103 Å². The molecule has 3 heteroatoms. The molecule has 0 amide bonds. The van der Waals surface area contributed by atoms with Crippen LogP contribution in [-0.4, -0.2) is 18.9 Å². The summed E-state index contributed by atoms with van der Waals surface area (Å²) in [6, 6.07) is 3.68. The summed E-state index contributed by atoms with van der Waals surface area (Å²) in [5, 5.41) is 0. The van der Waals surface area contributed by atoms with Crippen molar-refractivity contribution >= 4 is 11.7 Å². The molecule has 0 aliphatic carbocycles. The Bertz CT molecular complexity index is 406. The van der Waals surface area contributed by atoms with E-state index in [1.807, 2.05) is 6.07 Å². The number of carbonyl (C=O) groups excluding carboxylic acids is 1. The minimum Gasteiger partial charge on any atom is -0.437 e. The third-order valence-electron chi connectivity index (χ3n) is 3.59. The van der Waals surface area contributed by atoms with E-state index >= 15 is 0 Å². The van der Waals surface area contributed by atoms with E-state index in [-0.39, 0.29) is 5.78 Å². The van der Waals surface area contributed by atoms with Crippen LogP contribution in [0.15, 0.2) is 16.5 Å². The molecule has 0 atom stereocenters. The first-order valence-corrected chi connectivity index (χ1v) is 6.34. The van der Waals surface area contributed by atoms with Crippen molar-refractivity contribution in [2.75, 3.05) is 18.0 Å². The lowest BCUT2D eigenvalue weighted by Crippen LogP contribution is -2.24. The zero-order valence-electron chi connectivity index (χ0n) is 11.0. The van der Waals surface area contributed by atoms with Gasteiger partial charge in [0.15, 0.2) is 17.4 Å². The largest absolute Gasteiger partial charge is 0.437 e. The second kappa shape index (κ2) is 4.55. The molecule has 0 bridgehead atoms. The molecular formula is C14H21NO2. The van der Waals surface area contributed by atoms with E-state index in [0.717, 1.165) is 19.0 Å². The molecule has 0 spiro atoms. The Morgan fingerprint density at radius 1 is 1.29 bits per heavy atom. The van der Waals surface area contributed by atoms with Gasteiger partial charge in [0, 0.05) is 26.1 Å². The molecule has 1 aromatic heterocycles. The van der Waals surface area contributed by atoms with Gasteiger partial charge < -0.3 is 9.32 Å². The van der Waals surface area contributed by atoms with E-state index in [9.17, 15) is 4.79 Å². The number of nitrogens with zero attached hydrogens (tertiary/aromatic N) is 1. The van der Waals surface area contributed by atoms with Crippen molar-refractivity contribution in [2.45, 2.75) is 40.0 Å². The van der Waals surface area contributed by atoms with Crippen LogP contribution in [0.25, 0.3) is 0 Å². The standard InChI is InChI=1S/C14H21NO2/c1-11(16)12-5-6-13(17-12)15-9-4-7-14(2,3)8-10-15/h5-6H,4,7-10H2,1-3H3. The molecule has 1 aromatic rings. The van der Waals surface area contributed by atoms with Crippen LogP contribution in [0, 0.1) is 5.41 Å². The van der Waals surface area contributed by atoms with Crippen LogP contribution in [-0.2, 0) is 0 Å². The highest BCUT2D eigenvalue weighted by Crippen LogP contribution is 2.32. The molecular weight excluding hydrogens is 214 g/mol. The fraction of sp³-hybridized carbons (Fsp3) is 0.643. The first kappa shape index (κ1) is 12.2. The average molecular weight is 235 g/mol. The molecule has 0 radical (unpaired) electrons. The molecule has 0 unspecified atom stereocenters. The van der Waals surface area contributed by atoms with Gasteiger partial charge in [-0.15, -0.1) is 0 Å². The SMILES string of the molecule is CC(=O)c1ccc(N2CCCC(C)(C)CC2)o1. The molecule has 0 aromatic carbocycles. The highest BCUT2D eigenvalue weighted by atomic mass is 16.4. The van der Waals surface area contributed by atoms with Crippen LogP contribution >= 0.6 is 0 Å². The van der Waals surface area contributed by atoms with Crippen molar-refractivity contribution in [3.63, 3.8) is 0 Å². The van der Waals surface area contributed by atoms with Crippen molar-refractivity contribution in [3.8, 4) is 0 Å². The molecule has 17 heavy (non-hydrogen) atoms. The molecule has 3 nitrogen and oxygen atoms in total. The number of furan rings is 1. The Balaban J connectivity index is 2.09. The van der Waals surface area contributed by atoms with E-state index in [1.165, 1.54) is 26.2 Å². The Morgan fingerprint density at radius 2 is 2.06 bits per heavy atom. The Hall–Kier alpha value is -1.25. The predicted octanol–water partition coefficient (Wildman–Crippen LogP) is 3.50. The van der Waals surface area contributed by atoms with Crippen LogP contribution < -0.4 is 4.90 Å². The molecule has 1 fully saturated rings. The highest BCUT2D eigenvalue weighted by Gasteiger charge is 2.24. The van der Waals surface area contributed by atoms with Crippen molar-refractivity contribution < 1.29 is 9.21 Å². The normalized spacial score (nSPS) is 20.1. The zero-order valence-corrected chi connectivity index (χ0v) is 11.0. The first-order valence-electron chi connectivity index (χ1n) is 6.34. The van der Waals surface area contributed by atoms with Crippen LogP contribution in [0.2, 0.25) is 0 Å². The Kier molecular flexibility index (Phi) is 3.27. The number of carbonyl (C=O) groups is 1. The first-order chi connectivity index (χ1) is 7.98. The number of hydrogen-bond acceptors (Lipinski definition) is 3. The second-order valence-electron chi connectivity index (χ2n) is 5.70.